The minimum atomic E-state index is -0.935. The van der Waals surface area contributed by atoms with Gasteiger partial charge in [0.05, 0.1) is 6.61 Å². The number of aliphatic carboxylic acids is 1. The molecule has 0 aromatic rings. The van der Waals surface area contributed by atoms with Crippen molar-refractivity contribution in [3.05, 3.63) is 12.2 Å². The number of carbonyl (C=O) groups is 2. The SMILES string of the molecule is C=C(C)C(=O)O.CCCCOC(N)=O. The summed E-state index contributed by atoms with van der Waals surface area (Å²) >= 11 is 0. The molecule has 82 valence electrons. The third-order valence-electron chi connectivity index (χ3n) is 1.11. The average molecular weight is 203 g/mol. The molecule has 0 saturated heterocycles. The first-order valence-electron chi connectivity index (χ1n) is 4.22. The van der Waals surface area contributed by atoms with Crippen LogP contribution in [0.25, 0.3) is 0 Å². The molecule has 5 heteroatoms. The highest BCUT2D eigenvalue weighted by Gasteiger charge is 1.90. The summed E-state index contributed by atoms with van der Waals surface area (Å²) in [5.74, 6) is -0.935. The van der Waals surface area contributed by atoms with Crippen LogP contribution in [0.1, 0.15) is 26.7 Å². The first-order chi connectivity index (χ1) is 6.41. The number of primary amides is 1. The number of unbranched alkanes of at least 4 members (excludes halogenated alkanes) is 1. The fourth-order valence-electron chi connectivity index (χ4n) is 0.317. The molecule has 0 aliphatic carbocycles. The number of hydrogen-bond acceptors (Lipinski definition) is 3. The van der Waals surface area contributed by atoms with E-state index < -0.39 is 12.1 Å². The van der Waals surface area contributed by atoms with Crippen LogP contribution < -0.4 is 5.73 Å². The molecule has 0 aromatic heterocycles. The highest BCUT2D eigenvalue weighted by atomic mass is 16.5. The molecule has 0 fully saturated rings. The number of hydrogen-bond donors (Lipinski definition) is 2. The van der Waals surface area contributed by atoms with Crippen LogP contribution in [-0.2, 0) is 9.53 Å². The fourth-order valence-corrected chi connectivity index (χ4v) is 0.317. The summed E-state index contributed by atoms with van der Waals surface area (Å²) in [7, 11) is 0. The lowest BCUT2D eigenvalue weighted by Crippen LogP contribution is -2.13. The van der Waals surface area contributed by atoms with Gasteiger partial charge in [-0.15, -0.1) is 0 Å². The van der Waals surface area contributed by atoms with Crippen molar-refractivity contribution in [3.63, 3.8) is 0 Å². The molecule has 0 atom stereocenters. The Morgan fingerprint density at radius 1 is 1.50 bits per heavy atom. The van der Waals surface area contributed by atoms with Gasteiger partial charge in [-0.2, -0.15) is 0 Å². The highest BCUT2D eigenvalue weighted by molar-refractivity contribution is 5.84. The van der Waals surface area contributed by atoms with E-state index in [1.165, 1.54) is 6.92 Å². The van der Waals surface area contributed by atoms with Crippen molar-refractivity contribution in [1.29, 1.82) is 0 Å². The number of carboxylic acids is 1. The van der Waals surface area contributed by atoms with E-state index in [-0.39, 0.29) is 5.57 Å². The van der Waals surface area contributed by atoms with Crippen molar-refractivity contribution >= 4 is 12.1 Å². The van der Waals surface area contributed by atoms with Crippen LogP contribution in [0.15, 0.2) is 12.2 Å². The van der Waals surface area contributed by atoms with Gasteiger partial charge in [-0.05, 0) is 13.3 Å². The van der Waals surface area contributed by atoms with Crippen LogP contribution >= 0.6 is 0 Å². The van der Waals surface area contributed by atoms with Gasteiger partial charge in [0.25, 0.3) is 0 Å². The summed E-state index contributed by atoms with van der Waals surface area (Å²) in [5, 5.41) is 7.89. The van der Waals surface area contributed by atoms with Gasteiger partial charge in [0.15, 0.2) is 0 Å². The second kappa shape index (κ2) is 9.57. The van der Waals surface area contributed by atoms with Gasteiger partial charge < -0.3 is 15.6 Å². The van der Waals surface area contributed by atoms with Gasteiger partial charge >= 0.3 is 12.1 Å². The monoisotopic (exact) mass is 203 g/mol. The number of carbonyl (C=O) groups excluding carboxylic acids is 1. The van der Waals surface area contributed by atoms with Crippen LogP contribution in [0, 0.1) is 0 Å². The Balaban J connectivity index is 0. The van der Waals surface area contributed by atoms with Crippen LogP contribution in [0.4, 0.5) is 4.79 Å². The van der Waals surface area contributed by atoms with Crippen LogP contribution in [-0.4, -0.2) is 23.8 Å². The molecule has 0 saturated carbocycles. The second-order valence-corrected chi connectivity index (χ2v) is 2.61. The molecule has 3 N–H and O–H groups in total. The number of ether oxygens (including phenoxy) is 1. The molecule has 14 heavy (non-hydrogen) atoms. The third-order valence-corrected chi connectivity index (χ3v) is 1.11. The summed E-state index contributed by atoms with van der Waals surface area (Å²) in [4.78, 5) is 19.5. The van der Waals surface area contributed by atoms with Crippen molar-refractivity contribution in [2.75, 3.05) is 6.61 Å². The topological polar surface area (TPSA) is 89.6 Å². The largest absolute Gasteiger partial charge is 0.478 e. The quantitative estimate of drug-likeness (QED) is 0.535. The van der Waals surface area contributed by atoms with Crippen molar-refractivity contribution in [1.82, 2.24) is 0 Å². The predicted octanol–water partition coefficient (Wildman–Crippen LogP) is 1.53. The average Bonchev–Trinajstić information content (AvgIpc) is 2.05. The molecule has 1 amide bonds. The summed E-state index contributed by atoms with van der Waals surface area (Å²) < 4.78 is 4.42. The Kier molecular flexibility index (Phi) is 10.2. The Hall–Kier alpha value is -1.52. The highest BCUT2D eigenvalue weighted by Crippen LogP contribution is 1.85. The minimum absolute atomic E-state index is 0.176. The minimum Gasteiger partial charge on any atom is -0.478 e. The third kappa shape index (κ3) is 16.8. The fraction of sp³-hybridized carbons (Fsp3) is 0.556. The molecule has 0 aromatic carbocycles. The number of rotatable bonds is 4. The molecule has 0 bridgehead atoms. The van der Waals surface area contributed by atoms with Crippen molar-refractivity contribution in [2.24, 2.45) is 5.73 Å². The Morgan fingerprint density at radius 2 is 1.93 bits per heavy atom. The Labute approximate surface area is 83.5 Å². The van der Waals surface area contributed by atoms with Crippen LogP contribution in [0.3, 0.4) is 0 Å². The summed E-state index contributed by atoms with van der Waals surface area (Å²) in [6.07, 6.45) is 1.23. The summed E-state index contributed by atoms with van der Waals surface area (Å²) in [5.41, 5.74) is 4.85. The molecular formula is C9H17NO4. The van der Waals surface area contributed by atoms with Crippen molar-refractivity contribution in [2.45, 2.75) is 26.7 Å². The van der Waals surface area contributed by atoms with E-state index in [4.69, 9.17) is 5.11 Å². The maximum Gasteiger partial charge on any atom is 0.404 e. The maximum atomic E-state index is 9.87. The van der Waals surface area contributed by atoms with E-state index in [1.807, 2.05) is 6.92 Å². The standard InChI is InChI=1S/C5H11NO2.C4H6O2/c1-2-3-4-8-5(6)7;1-3(2)4(5)6/h2-4H2,1H3,(H2,6,7);1H2,2H3,(H,5,6). The molecule has 0 unspecified atom stereocenters. The smallest absolute Gasteiger partial charge is 0.404 e. The zero-order valence-electron chi connectivity index (χ0n) is 8.58. The Morgan fingerprint density at radius 3 is 2.14 bits per heavy atom. The van der Waals surface area contributed by atoms with E-state index in [9.17, 15) is 9.59 Å². The first-order valence-corrected chi connectivity index (χ1v) is 4.22. The maximum absolute atomic E-state index is 9.87. The lowest BCUT2D eigenvalue weighted by Gasteiger charge is -1.95. The van der Waals surface area contributed by atoms with Crippen molar-refractivity contribution in [3.8, 4) is 0 Å². The zero-order valence-corrected chi connectivity index (χ0v) is 8.58. The molecule has 0 radical (unpaired) electrons. The molecular weight excluding hydrogens is 186 g/mol. The first kappa shape index (κ1) is 15.0. The van der Waals surface area contributed by atoms with Gasteiger partial charge in [0, 0.05) is 5.57 Å². The molecule has 5 nitrogen and oxygen atoms in total. The lowest BCUT2D eigenvalue weighted by atomic mass is 10.4. The van der Waals surface area contributed by atoms with E-state index in [0.717, 1.165) is 12.8 Å². The van der Waals surface area contributed by atoms with Gasteiger partial charge in [-0.3, -0.25) is 0 Å². The zero-order chi connectivity index (χ0) is 11.6. The molecule has 0 aliphatic rings. The molecule has 0 aliphatic heterocycles. The summed E-state index contributed by atoms with van der Waals surface area (Å²) in [6.45, 7) is 7.07. The van der Waals surface area contributed by atoms with E-state index in [2.05, 4.69) is 17.0 Å². The normalized spacial score (nSPS) is 8.14. The van der Waals surface area contributed by atoms with E-state index in [1.54, 1.807) is 0 Å². The Bertz CT molecular complexity index is 189. The van der Waals surface area contributed by atoms with Gasteiger partial charge in [0.1, 0.15) is 0 Å². The number of amides is 1. The van der Waals surface area contributed by atoms with Gasteiger partial charge in [0.2, 0.25) is 0 Å². The molecule has 0 spiro atoms. The predicted molar refractivity (Wildman–Crippen MR) is 52.9 cm³/mol. The van der Waals surface area contributed by atoms with Crippen LogP contribution in [0.2, 0.25) is 0 Å². The van der Waals surface area contributed by atoms with Crippen LogP contribution in [0.5, 0.6) is 0 Å². The lowest BCUT2D eigenvalue weighted by molar-refractivity contribution is -0.132. The molecule has 0 rings (SSSR count). The van der Waals surface area contributed by atoms with E-state index in [0.29, 0.717) is 6.61 Å². The van der Waals surface area contributed by atoms with Crippen molar-refractivity contribution < 1.29 is 19.4 Å². The van der Waals surface area contributed by atoms with Gasteiger partial charge in [-0.25, -0.2) is 9.59 Å². The number of nitrogens with two attached hydrogens (primary N) is 1. The second-order valence-electron chi connectivity index (χ2n) is 2.61. The molecule has 0 heterocycles. The number of carboxylic acid groups (broad SMARTS) is 1. The summed E-state index contributed by atoms with van der Waals surface area (Å²) in [6, 6.07) is 0. The van der Waals surface area contributed by atoms with Gasteiger partial charge in [-0.1, -0.05) is 19.9 Å². The van der Waals surface area contributed by atoms with E-state index >= 15 is 0 Å².